The number of benzene rings is 1. The van der Waals surface area contributed by atoms with Crippen LogP contribution in [0.3, 0.4) is 0 Å². The summed E-state index contributed by atoms with van der Waals surface area (Å²) in [5.41, 5.74) is 3.22. The third-order valence-electron chi connectivity index (χ3n) is 2.99. The normalized spacial score (nSPS) is 19.3. The average molecular weight is 204 g/mol. The van der Waals surface area contributed by atoms with Crippen LogP contribution in [0.1, 0.15) is 18.9 Å². The van der Waals surface area contributed by atoms with Gasteiger partial charge in [0, 0.05) is 24.3 Å². The van der Waals surface area contributed by atoms with E-state index in [1.54, 1.807) is 0 Å². The van der Waals surface area contributed by atoms with Crippen LogP contribution in [0.25, 0.3) is 0 Å². The van der Waals surface area contributed by atoms with E-state index in [9.17, 15) is 4.79 Å². The number of anilines is 2. The van der Waals surface area contributed by atoms with Crippen molar-refractivity contribution in [3.8, 4) is 0 Å². The van der Waals surface area contributed by atoms with Gasteiger partial charge in [-0.2, -0.15) is 0 Å². The summed E-state index contributed by atoms with van der Waals surface area (Å²) in [6.45, 7) is 2.05. The van der Waals surface area contributed by atoms with Crippen LogP contribution in [0.2, 0.25) is 0 Å². The molecular weight excluding hydrogens is 188 g/mol. The molecule has 1 atom stereocenters. The molecular formula is C12H16N2O. The zero-order valence-electron chi connectivity index (χ0n) is 9.13. The first kappa shape index (κ1) is 10.0. The molecule has 0 fully saturated rings. The molecule has 1 aliphatic heterocycles. The van der Waals surface area contributed by atoms with Crippen molar-refractivity contribution in [2.75, 3.05) is 17.7 Å². The highest BCUT2D eigenvalue weighted by atomic mass is 16.1. The molecule has 1 aromatic carbocycles. The minimum Gasteiger partial charge on any atom is -0.388 e. The Balaban J connectivity index is 2.32. The first-order valence-electron chi connectivity index (χ1n) is 5.36. The second kappa shape index (κ2) is 3.93. The highest BCUT2D eigenvalue weighted by Gasteiger charge is 2.24. The number of rotatable bonds is 2. The van der Waals surface area contributed by atoms with Crippen molar-refractivity contribution in [3.63, 3.8) is 0 Å². The predicted molar refractivity (Wildman–Crippen MR) is 62.1 cm³/mol. The summed E-state index contributed by atoms with van der Waals surface area (Å²) in [5, 5.41) is 6.02. The van der Waals surface area contributed by atoms with E-state index in [1.165, 1.54) is 5.56 Å². The van der Waals surface area contributed by atoms with E-state index < -0.39 is 0 Å². The van der Waals surface area contributed by atoms with Crippen LogP contribution in [0, 0.1) is 5.92 Å². The lowest BCUT2D eigenvalue weighted by Gasteiger charge is -2.24. The van der Waals surface area contributed by atoms with Gasteiger partial charge in [-0.25, -0.2) is 0 Å². The molecule has 3 nitrogen and oxygen atoms in total. The van der Waals surface area contributed by atoms with Crippen LogP contribution in [0.4, 0.5) is 11.4 Å². The van der Waals surface area contributed by atoms with E-state index >= 15 is 0 Å². The largest absolute Gasteiger partial charge is 0.388 e. The summed E-state index contributed by atoms with van der Waals surface area (Å²) >= 11 is 0. The number of nitrogens with one attached hydrogen (secondary N) is 2. The van der Waals surface area contributed by atoms with Crippen LogP contribution >= 0.6 is 0 Å². The van der Waals surface area contributed by atoms with Gasteiger partial charge in [0.05, 0.1) is 0 Å². The fourth-order valence-electron chi connectivity index (χ4n) is 1.95. The van der Waals surface area contributed by atoms with Crippen molar-refractivity contribution in [1.82, 2.24) is 0 Å². The number of hydrogen-bond donors (Lipinski definition) is 2. The minimum absolute atomic E-state index is 0.137. The molecule has 80 valence electrons. The van der Waals surface area contributed by atoms with E-state index in [4.69, 9.17) is 0 Å². The lowest BCUT2D eigenvalue weighted by atomic mass is 9.91. The number of hydrogen-bond acceptors (Lipinski definition) is 2. The van der Waals surface area contributed by atoms with Gasteiger partial charge >= 0.3 is 0 Å². The second-order valence-corrected chi connectivity index (χ2v) is 3.92. The first-order valence-corrected chi connectivity index (χ1v) is 5.36. The van der Waals surface area contributed by atoms with Gasteiger partial charge in [-0.15, -0.1) is 0 Å². The molecule has 2 rings (SSSR count). The van der Waals surface area contributed by atoms with Crippen molar-refractivity contribution < 1.29 is 4.79 Å². The third-order valence-corrected chi connectivity index (χ3v) is 2.99. The smallest absolute Gasteiger partial charge is 0.227 e. The second-order valence-electron chi connectivity index (χ2n) is 3.92. The van der Waals surface area contributed by atoms with Gasteiger partial charge < -0.3 is 10.6 Å². The van der Waals surface area contributed by atoms with Gasteiger partial charge in [-0.3, -0.25) is 4.79 Å². The zero-order valence-corrected chi connectivity index (χ0v) is 9.13. The summed E-state index contributed by atoms with van der Waals surface area (Å²) in [6.07, 6.45) is 1.76. The molecule has 0 saturated heterocycles. The molecule has 1 heterocycles. The number of fused-ring (bicyclic) bond motifs is 1. The lowest BCUT2D eigenvalue weighted by Crippen LogP contribution is -2.29. The lowest BCUT2D eigenvalue weighted by molar-refractivity contribution is -0.120. The molecule has 1 aliphatic rings. The Labute approximate surface area is 89.9 Å². The van der Waals surface area contributed by atoms with Crippen molar-refractivity contribution in [3.05, 3.63) is 23.8 Å². The van der Waals surface area contributed by atoms with Gasteiger partial charge in [-0.1, -0.05) is 13.0 Å². The molecule has 1 unspecified atom stereocenters. The number of carbonyl (C=O) groups is 1. The predicted octanol–water partition coefficient (Wildman–Crippen LogP) is 2.25. The molecule has 0 radical (unpaired) electrons. The SMILES string of the molecule is CCC1Cc2ccc(NC)cc2NC1=O. The summed E-state index contributed by atoms with van der Waals surface area (Å²) in [4.78, 5) is 11.7. The van der Waals surface area contributed by atoms with Crippen LogP contribution in [0.5, 0.6) is 0 Å². The highest BCUT2D eigenvalue weighted by molar-refractivity contribution is 5.96. The zero-order chi connectivity index (χ0) is 10.8. The van der Waals surface area contributed by atoms with E-state index in [1.807, 2.05) is 19.2 Å². The Morgan fingerprint density at radius 3 is 3.00 bits per heavy atom. The molecule has 0 bridgehead atoms. The van der Waals surface area contributed by atoms with E-state index in [0.29, 0.717) is 0 Å². The van der Waals surface area contributed by atoms with Crippen LogP contribution in [0.15, 0.2) is 18.2 Å². The summed E-state index contributed by atoms with van der Waals surface area (Å²) < 4.78 is 0. The summed E-state index contributed by atoms with van der Waals surface area (Å²) in [5.74, 6) is 0.288. The van der Waals surface area contributed by atoms with Gasteiger partial charge in [0.25, 0.3) is 0 Å². The van der Waals surface area contributed by atoms with Gasteiger partial charge in [0.2, 0.25) is 5.91 Å². The van der Waals surface area contributed by atoms with Gasteiger partial charge in [-0.05, 0) is 30.5 Å². The van der Waals surface area contributed by atoms with Crippen molar-refractivity contribution in [2.24, 2.45) is 5.92 Å². The Hall–Kier alpha value is -1.51. The standard InChI is InChI=1S/C12H16N2O/c1-3-8-6-9-4-5-10(13-2)7-11(9)14-12(8)15/h4-5,7-8,13H,3,6H2,1-2H3,(H,14,15). The molecule has 2 N–H and O–H groups in total. The molecule has 0 aliphatic carbocycles. The fourth-order valence-corrected chi connectivity index (χ4v) is 1.95. The summed E-state index contributed by atoms with van der Waals surface area (Å²) in [6, 6.07) is 6.12. The first-order chi connectivity index (χ1) is 7.24. The Morgan fingerprint density at radius 1 is 1.53 bits per heavy atom. The maximum absolute atomic E-state index is 11.7. The Bertz CT molecular complexity index is 387. The molecule has 0 aromatic heterocycles. The minimum atomic E-state index is 0.137. The molecule has 1 amide bonds. The maximum atomic E-state index is 11.7. The van der Waals surface area contributed by atoms with E-state index in [0.717, 1.165) is 24.2 Å². The van der Waals surface area contributed by atoms with E-state index in [-0.39, 0.29) is 11.8 Å². The van der Waals surface area contributed by atoms with Crippen molar-refractivity contribution >= 4 is 17.3 Å². The number of carbonyl (C=O) groups excluding carboxylic acids is 1. The van der Waals surface area contributed by atoms with Crippen molar-refractivity contribution in [1.29, 1.82) is 0 Å². The van der Waals surface area contributed by atoms with Crippen LogP contribution in [-0.4, -0.2) is 13.0 Å². The van der Waals surface area contributed by atoms with Crippen molar-refractivity contribution in [2.45, 2.75) is 19.8 Å². The average Bonchev–Trinajstić information content (AvgIpc) is 2.27. The molecule has 15 heavy (non-hydrogen) atoms. The third kappa shape index (κ3) is 1.82. The maximum Gasteiger partial charge on any atom is 0.227 e. The molecule has 3 heteroatoms. The summed E-state index contributed by atoms with van der Waals surface area (Å²) in [7, 11) is 1.88. The fraction of sp³-hybridized carbons (Fsp3) is 0.417. The highest BCUT2D eigenvalue weighted by Crippen LogP contribution is 2.29. The van der Waals surface area contributed by atoms with Gasteiger partial charge in [0.15, 0.2) is 0 Å². The van der Waals surface area contributed by atoms with Crippen LogP contribution < -0.4 is 10.6 Å². The number of amides is 1. The van der Waals surface area contributed by atoms with E-state index in [2.05, 4.69) is 23.6 Å². The Morgan fingerprint density at radius 2 is 2.33 bits per heavy atom. The quantitative estimate of drug-likeness (QED) is 0.775. The van der Waals surface area contributed by atoms with Gasteiger partial charge in [0.1, 0.15) is 0 Å². The van der Waals surface area contributed by atoms with Crippen LogP contribution in [-0.2, 0) is 11.2 Å². The molecule has 1 aromatic rings. The Kier molecular flexibility index (Phi) is 2.62. The topological polar surface area (TPSA) is 41.1 Å². The monoisotopic (exact) mass is 204 g/mol. The molecule has 0 spiro atoms. The molecule has 0 saturated carbocycles.